The van der Waals surface area contributed by atoms with Crippen molar-refractivity contribution in [2.45, 2.75) is 38.4 Å². The molecule has 0 bridgehead atoms. The van der Waals surface area contributed by atoms with E-state index in [1.54, 1.807) is 0 Å². The number of pyridine rings is 1. The molecule has 3 rings (SSSR count). The van der Waals surface area contributed by atoms with Gasteiger partial charge >= 0.3 is 0 Å². The van der Waals surface area contributed by atoms with Crippen molar-refractivity contribution in [1.82, 2.24) is 4.98 Å². The van der Waals surface area contributed by atoms with Gasteiger partial charge in [-0.25, -0.2) is 0 Å². The summed E-state index contributed by atoms with van der Waals surface area (Å²) >= 11 is 0. The number of rotatable bonds is 2. The molecule has 2 aliphatic heterocycles. The first kappa shape index (κ1) is 10.2. The maximum Gasteiger partial charge on any atom is 0.157 e. The number of fused-ring (bicyclic) bond motifs is 2. The van der Waals surface area contributed by atoms with Gasteiger partial charge in [-0.1, -0.05) is 13.3 Å². The van der Waals surface area contributed by atoms with Gasteiger partial charge in [0.2, 0.25) is 0 Å². The molecule has 3 nitrogen and oxygen atoms in total. The highest BCUT2D eigenvalue weighted by molar-refractivity contribution is 5.39. The van der Waals surface area contributed by atoms with Crippen LogP contribution >= 0.6 is 0 Å². The lowest BCUT2D eigenvalue weighted by atomic mass is 9.92. The fraction of sp³-hybridized carbons (Fsp3) is 0.615. The summed E-state index contributed by atoms with van der Waals surface area (Å²) in [6.45, 7) is 5.66. The summed E-state index contributed by atoms with van der Waals surface area (Å²) in [6.07, 6.45) is 4.31. The molecule has 0 saturated carbocycles. The minimum absolute atomic E-state index is 0.220. The van der Waals surface area contributed by atoms with Crippen LogP contribution in [0.1, 0.15) is 42.7 Å². The molecule has 2 aliphatic rings. The standard InChI is InChI=1S/C13H17NO2/c1-3-4-10-11-9(2)5-6-14-12(11)13(16-10)7-15-8-13/h5-6,10H,3-4,7-8H2,1-2H3. The predicted molar refractivity (Wildman–Crippen MR) is 60.2 cm³/mol. The van der Waals surface area contributed by atoms with Crippen molar-refractivity contribution in [1.29, 1.82) is 0 Å². The zero-order valence-electron chi connectivity index (χ0n) is 9.82. The van der Waals surface area contributed by atoms with Gasteiger partial charge in [-0.3, -0.25) is 4.98 Å². The molecule has 0 aromatic carbocycles. The van der Waals surface area contributed by atoms with Crippen LogP contribution in [0.4, 0.5) is 0 Å². The Balaban J connectivity index is 2.07. The van der Waals surface area contributed by atoms with Gasteiger partial charge < -0.3 is 9.47 Å². The van der Waals surface area contributed by atoms with Gasteiger partial charge in [0.1, 0.15) is 0 Å². The quantitative estimate of drug-likeness (QED) is 0.765. The second-order valence-corrected chi connectivity index (χ2v) is 4.77. The highest BCUT2D eigenvalue weighted by Gasteiger charge is 2.52. The molecular formula is C13H17NO2. The molecule has 1 aromatic heterocycles. The third-order valence-corrected chi connectivity index (χ3v) is 3.55. The molecule has 1 spiro atoms. The second kappa shape index (κ2) is 3.54. The van der Waals surface area contributed by atoms with Crippen LogP contribution in [-0.4, -0.2) is 18.2 Å². The van der Waals surface area contributed by atoms with Crippen LogP contribution in [0.2, 0.25) is 0 Å². The van der Waals surface area contributed by atoms with Crippen molar-refractivity contribution in [2.75, 3.05) is 13.2 Å². The third-order valence-electron chi connectivity index (χ3n) is 3.55. The predicted octanol–water partition coefficient (Wildman–Crippen LogP) is 2.49. The molecule has 3 heterocycles. The molecule has 0 aliphatic carbocycles. The molecule has 3 heteroatoms. The lowest BCUT2D eigenvalue weighted by molar-refractivity contribution is -0.227. The minimum Gasteiger partial charge on any atom is -0.374 e. The molecule has 1 saturated heterocycles. The van der Waals surface area contributed by atoms with E-state index in [2.05, 4.69) is 24.9 Å². The highest BCUT2D eigenvalue weighted by atomic mass is 16.6. The molecule has 1 aromatic rings. The van der Waals surface area contributed by atoms with Crippen LogP contribution in [0.5, 0.6) is 0 Å². The third kappa shape index (κ3) is 1.25. The average Bonchev–Trinajstić information content (AvgIpc) is 2.55. The average molecular weight is 219 g/mol. The van der Waals surface area contributed by atoms with E-state index in [9.17, 15) is 0 Å². The van der Waals surface area contributed by atoms with Gasteiger partial charge in [-0.15, -0.1) is 0 Å². The van der Waals surface area contributed by atoms with E-state index in [4.69, 9.17) is 9.47 Å². The molecule has 0 radical (unpaired) electrons. The molecule has 16 heavy (non-hydrogen) atoms. The first-order valence-electron chi connectivity index (χ1n) is 5.98. The highest BCUT2D eigenvalue weighted by Crippen LogP contribution is 2.49. The van der Waals surface area contributed by atoms with Crippen LogP contribution < -0.4 is 0 Å². The first-order chi connectivity index (χ1) is 7.77. The monoisotopic (exact) mass is 219 g/mol. The Labute approximate surface area is 95.8 Å². The fourth-order valence-electron chi connectivity index (χ4n) is 2.68. The van der Waals surface area contributed by atoms with Crippen LogP contribution in [0.25, 0.3) is 0 Å². The Kier molecular flexibility index (Phi) is 2.26. The first-order valence-corrected chi connectivity index (χ1v) is 5.98. The van der Waals surface area contributed by atoms with Crippen molar-refractivity contribution < 1.29 is 9.47 Å². The number of aryl methyl sites for hydroxylation is 1. The topological polar surface area (TPSA) is 31.4 Å². The molecule has 1 unspecified atom stereocenters. The van der Waals surface area contributed by atoms with Crippen molar-refractivity contribution >= 4 is 0 Å². The van der Waals surface area contributed by atoms with Crippen LogP contribution in [-0.2, 0) is 15.1 Å². The zero-order valence-corrected chi connectivity index (χ0v) is 9.82. The fourth-order valence-corrected chi connectivity index (χ4v) is 2.68. The van der Waals surface area contributed by atoms with E-state index in [1.807, 2.05) is 6.20 Å². The molecule has 0 amide bonds. The van der Waals surface area contributed by atoms with E-state index < -0.39 is 0 Å². The smallest absolute Gasteiger partial charge is 0.157 e. The van der Waals surface area contributed by atoms with Crippen LogP contribution in [0.15, 0.2) is 12.3 Å². The molecule has 1 fully saturated rings. The van der Waals surface area contributed by atoms with Crippen LogP contribution in [0.3, 0.4) is 0 Å². The van der Waals surface area contributed by atoms with Crippen molar-refractivity contribution in [2.24, 2.45) is 0 Å². The molecule has 0 N–H and O–H groups in total. The van der Waals surface area contributed by atoms with Gasteiger partial charge in [0, 0.05) is 11.8 Å². The molecule has 1 atom stereocenters. The summed E-state index contributed by atoms with van der Waals surface area (Å²) in [5, 5.41) is 0. The van der Waals surface area contributed by atoms with Crippen LogP contribution in [0, 0.1) is 6.92 Å². The summed E-state index contributed by atoms with van der Waals surface area (Å²) in [5.74, 6) is 0. The Morgan fingerprint density at radius 3 is 2.94 bits per heavy atom. The molecule has 86 valence electrons. The number of hydrogen-bond acceptors (Lipinski definition) is 3. The number of nitrogens with zero attached hydrogens (tertiary/aromatic N) is 1. The number of ether oxygens (including phenoxy) is 2. The maximum atomic E-state index is 6.19. The van der Waals surface area contributed by atoms with Gasteiger partial charge in [-0.2, -0.15) is 0 Å². The Hall–Kier alpha value is -0.930. The van der Waals surface area contributed by atoms with Gasteiger partial charge in [0.15, 0.2) is 5.60 Å². The summed E-state index contributed by atoms with van der Waals surface area (Å²) < 4.78 is 11.5. The lowest BCUT2D eigenvalue weighted by Gasteiger charge is -2.37. The number of aromatic nitrogens is 1. The normalized spacial score (nSPS) is 25.5. The van der Waals surface area contributed by atoms with E-state index in [0.29, 0.717) is 13.2 Å². The van der Waals surface area contributed by atoms with Gasteiger partial charge in [0.25, 0.3) is 0 Å². The zero-order chi connectivity index (χ0) is 11.2. The Bertz CT molecular complexity index is 412. The lowest BCUT2D eigenvalue weighted by Crippen LogP contribution is -2.47. The van der Waals surface area contributed by atoms with Crippen molar-refractivity contribution in [3.05, 3.63) is 29.1 Å². The number of hydrogen-bond donors (Lipinski definition) is 0. The van der Waals surface area contributed by atoms with Gasteiger partial charge in [-0.05, 0) is 25.0 Å². The summed E-state index contributed by atoms with van der Waals surface area (Å²) in [6, 6.07) is 2.07. The van der Waals surface area contributed by atoms with E-state index in [0.717, 1.165) is 18.5 Å². The van der Waals surface area contributed by atoms with Crippen molar-refractivity contribution in [3.63, 3.8) is 0 Å². The summed E-state index contributed by atoms with van der Waals surface area (Å²) in [5.41, 5.74) is 3.51. The largest absolute Gasteiger partial charge is 0.374 e. The molecular weight excluding hydrogens is 202 g/mol. The maximum absolute atomic E-state index is 6.19. The summed E-state index contributed by atoms with van der Waals surface area (Å²) in [7, 11) is 0. The van der Waals surface area contributed by atoms with E-state index in [1.165, 1.54) is 11.1 Å². The van der Waals surface area contributed by atoms with Crippen molar-refractivity contribution in [3.8, 4) is 0 Å². The summed E-state index contributed by atoms with van der Waals surface area (Å²) in [4.78, 5) is 4.52. The Morgan fingerprint density at radius 1 is 1.50 bits per heavy atom. The Morgan fingerprint density at radius 2 is 2.31 bits per heavy atom. The SMILES string of the molecule is CCCC1OC2(COC2)c2nccc(C)c21. The minimum atomic E-state index is -0.221. The van der Waals surface area contributed by atoms with E-state index in [-0.39, 0.29) is 11.7 Å². The second-order valence-electron chi connectivity index (χ2n) is 4.77. The van der Waals surface area contributed by atoms with E-state index >= 15 is 0 Å². The van der Waals surface area contributed by atoms with Gasteiger partial charge in [0.05, 0.1) is 25.0 Å².